The summed E-state index contributed by atoms with van der Waals surface area (Å²) in [5, 5.41) is 6.87. The Morgan fingerprint density at radius 2 is 1.91 bits per heavy atom. The minimum Gasteiger partial charge on any atom is -0.361 e. The van der Waals surface area contributed by atoms with Crippen LogP contribution in [-0.4, -0.2) is 34.5 Å². The lowest BCUT2D eigenvalue weighted by atomic mass is 9.91. The van der Waals surface area contributed by atoms with Gasteiger partial charge in [0.25, 0.3) is 0 Å². The first-order valence-electron chi connectivity index (χ1n) is 11.8. The first kappa shape index (κ1) is 25.2. The Morgan fingerprint density at radius 1 is 1.21 bits per heavy atom. The molecule has 1 aromatic heterocycles. The van der Waals surface area contributed by atoms with Gasteiger partial charge >= 0.3 is 0 Å². The van der Waals surface area contributed by atoms with Gasteiger partial charge in [0.15, 0.2) is 0 Å². The maximum atomic E-state index is 13.4. The number of carbonyl (C=O) groups excluding carboxylic acids is 2. The quantitative estimate of drug-likeness (QED) is 0.506. The Labute approximate surface area is 202 Å². The molecular weight excluding hydrogens is 426 g/mol. The molecular formula is C28H35N3O3. The van der Waals surface area contributed by atoms with Gasteiger partial charge < -0.3 is 14.7 Å². The zero-order valence-electron chi connectivity index (χ0n) is 20.6. The van der Waals surface area contributed by atoms with Crippen molar-refractivity contribution in [2.45, 2.75) is 58.5 Å². The molecule has 0 aliphatic carbocycles. The van der Waals surface area contributed by atoms with Gasteiger partial charge in [-0.2, -0.15) is 0 Å². The van der Waals surface area contributed by atoms with E-state index < -0.39 is 12.0 Å². The van der Waals surface area contributed by atoms with Crippen molar-refractivity contribution in [3.8, 4) is 0 Å². The van der Waals surface area contributed by atoms with E-state index in [4.69, 9.17) is 4.52 Å². The molecule has 1 aliphatic heterocycles. The van der Waals surface area contributed by atoms with Crippen LogP contribution in [0, 0.1) is 5.92 Å². The SMILES string of the molecule is C=C/C=C(\C(=C)C)c1ccc(C(C)NC(=O)C2CCCN2C(=O)C(c2ccno2)C(C)C)cc1. The van der Waals surface area contributed by atoms with Gasteiger partial charge in [0.2, 0.25) is 11.8 Å². The number of likely N-dealkylation sites (tertiary alicyclic amines) is 1. The molecule has 0 bridgehead atoms. The van der Waals surface area contributed by atoms with E-state index >= 15 is 0 Å². The Hall–Kier alpha value is -3.41. The van der Waals surface area contributed by atoms with E-state index in [-0.39, 0.29) is 23.8 Å². The summed E-state index contributed by atoms with van der Waals surface area (Å²) < 4.78 is 5.30. The van der Waals surface area contributed by atoms with Crippen molar-refractivity contribution in [1.29, 1.82) is 0 Å². The van der Waals surface area contributed by atoms with E-state index in [9.17, 15) is 9.59 Å². The molecule has 3 unspecified atom stereocenters. The Bertz CT molecular complexity index is 1050. The largest absolute Gasteiger partial charge is 0.361 e. The molecule has 2 amide bonds. The smallest absolute Gasteiger partial charge is 0.243 e. The highest BCUT2D eigenvalue weighted by Crippen LogP contribution is 2.31. The second-order valence-electron chi connectivity index (χ2n) is 9.27. The third kappa shape index (κ3) is 5.56. The van der Waals surface area contributed by atoms with Gasteiger partial charge in [-0.25, -0.2) is 0 Å². The zero-order valence-corrected chi connectivity index (χ0v) is 20.6. The summed E-state index contributed by atoms with van der Waals surface area (Å²) in [6.45, 7) is 16.3. The minimum atomic E-state index is -0.482. The van der Waals surface area contributed by atoms with Gasteiger partial charge in [-0.05, 0) is 49.3 Å². The number of benzene rings is 1. The molecule has 1 N–H and O–H groups in total. The van der Waals surface area contributed by atoms with Crippen molar-refractivity contribution >= 4 is 17.4 Å². The number of nitrogens with one attached hydrogen (secondary N) is 1. The second kappa shape index (κ2) is 11.1. The molecule has 6 nitrogen and oxygen atoms in total. The predicted molar refractivity (Wildman–Crippen MR) is 135 cm³/mol. The summed E-state index contributed by atoms with van der Waals surface area (Å²) in [6.07, 6.45) is 6.69. The number of nitrogens with zero attached hydrogens (tertiary/aromatic N) is 2. The molecule has 2 aromatic rings. The average Bonchev–Trinajstić information content (AvgIpc) is 3.49. The van der Waals surface area contributed by atoms with Gasteiger partial charge in [0, 0.05) is 12.6 Å². The summed E-state index contributed by atoms with van der Waals surface area (Å²) >= 11 is 0. The summed E-state index contributed by atoms with van der Waals surface area (Å²) in [5.41, 5.74) is 4.04. The topological polar surface area (TPSA) is 75.4 Å². The fraction of sp³-hybridized carbons (Fsp3) is 0.393. The number of hydrogen-bond acceptors (Lipinski definition) is 4. The van der Waals surface area contributed by atoms with E-state index in [1.807, 2.05) is 58.0 Å². The molecule has 1 saturated heterocycles. The normalized spacial score (nSPS) is 18.0. The van der Waals surface area contributed by atoms with Gasteiger partial charge in [0.1, 0.15) is 17.7 Å². The van der Waals surface area contributed by atoms with Crippen LogP contribution in [0.5, 0.6) is 0 Å². The highest BCUT2D eigenvalue weighted by atomic mass is 16.5. The zero-order chi connectivity index (χ0) is 24.8. The predicted octanol–water partition coefficient (Wildman–Crippen LogP) is 5.43. The number of hydrogen-bond donors (Lipinski definition) is 1. The molecule has 0 spiro atoms. The van der Waals surface area contributed by atoms with Crippen LogP contribution in [0.2, 0.25) is 0 Å². The van der Waals surface area contributed by atoms with Gasteiger partial charge in [-0.3, -0.25) is 9.59 Å². The van der Waals surface area contributed by atoms with Gasteiger partial charge in [-0.1, -0.05) is 74.2 Å². The number of amides is 2. The van der Waals surface area contributed by atoms with Crippen LogP contribution >= 0.6 is 0 Å². The molecule has 180 valence electrons. The van der Waals surface area contributed by atoms with E-state index in [2.05, 4.69) is 23.6 Å². The van der Waals surface area contributed by atoms with Gasteiger partial charge in [-0.15, -0.1) is 0 Å². The van der Waals surface area contributed by atoms with Crippen LogP contribution in [0.3, 0.4) is 0 Å². The van der Waals surface area contributed by atoms with E-state index in [1.54, 1.807) is 23.2 Å². The molecule has 6 heteroatoms. The maximum absolute atomic E-state index is 13.4. The molecule has 3 atom stereocenters. The molecule has 3 rings (SSSR count). The first-order valence-corrected chi connectivity index (χ1v) is 11.8. The average molecular weight is 462 g/mol. The van der Waals surface area contributed by atoms with Crippen LogP contribution in [-0.2, 0) is 9.59 Å². The fourth-order valence-corrected chi connectivity index (χ4v) is 4.55. The lowest BCUT2D eigenvalue weighted by Crippen LogP contribution is -2.48. The monoisotopic (exact) mass is 461 g/mol. The van der Waals surface area contributed by atoms with E-state index in [0.29, 0.717) is 18.7 Å². The number of allylic oxidation sites excluding steroid dienone is 4. The number of carbonyl (C=O) groups is 2. The van der Waals surface area contributed by atoms with Crippen LogP contribution < -0.4 is 5.32 Å². The summed E-state index contributed by atoms with van der Waals surface area (Å²) in [7, 11) is 0. The third-order valence-corrected chi connectivity index (χ3v) is 6.36. The Morgan fingerprint density at radius 3 is 2.47 bits per heavy atom. The first-order chi connectivity index (χ1) is 16.2. The van der Waals surface area contributed by atoms with Crippen molar-refractivity contribution in [1.82, 2.24) is 15.4 Å². The summed E-state index contributed by atoms with van der Waals surface area (Å²) in [4.78, 5) is 28.3. The number of aromatic nitrogens is 1. The highest BCUT2D eigenvalue weighted by molar-refractivity contribution is 5.91. The lowest BCUT2D eigenvalue weighted by molar-refractivity contribution is -0.141. The molecule has 1 fully saturated rings. The fourth-order valence-electron chi connectivity index (χ4n) is 4.55. The standard InChI is InChI=1S/C28H35N3O3/c1-7-9-23(18(2)3)22-13-11-21(12-14-22)20(6)30-27(32)24-10-8-17-31(24)28(33)26(19(4)5)25-15-16-29-34-25/h7,9,11-16,19-20,24,26H,1-2,8,10,17H2,3-6H3,(H,30,32)/b23-9+. The van der Waals surface area contributed by atoms with Crippen molar-refractivity contribution in [2.75, 3.05) is 6.54 Å². The number of rotatable bonds is 9. The van der Waals surface area contributed by atoms with Crippen molar-refractivity contribution in [3.05, 3.63) is 84.3 Å². The molecule has 34 heavy (non-hydrogen) atoms. The highest BCUT2D eigenvalue weighted by Gasteiger charge is 2.40. The van der Waals surface area contributed by atoms with E-state index in [0.717, 1.165) is 28.7 Å². The molecule has 0 radical (unpaired) electrons. The molecule has 1 aromatic carbocycles. The maximum Gasteiger partial charge on any atom is 0.243 e. The summed E-state index contributed by atoms with van der Waals surface area (Å²) in [6, 6.07) is 9.13. The molecule has 2 heterocycles. The lowest BCUT2D eigenvalue weighted by Gasteiger charge is -2.29. The minimum absolute atomic E-state index is 0.0291. The van der Waals surface area contributed by atoms with Crippen molar-refractivity contribution in [3.63, 3.8) is 0 Å². The Balaban J connectivity index is 1.70. The molecule has 0 saturated carbocycles. The van der Waals surface area contributed by atoms with E-state index in [1.165, 1.54) is 0 Å². The van der Waals surface area contributed by atoms with Crippen LogP contribution in [0.15, 0.2) is 71.9 Å². The van der Waals surface area contributed by atoms with Crippen LogP contribution in [0.25, 0.3) is 5.57 Å². The van der Waals surface area contributed by atoms with Crippen molar-refractivity contribution in [2.24, 2.45) is 5.92 Å². The Kier molecular flexibility index (Phi) is 8.26. The van der Waals surface area contributed by atoms with Gasteiger partial charge in [0.05, 0.1) is 12.2 Å². The second-order valence-corrected chi connectivity index (χ2v) is 9.27. The molecule has 1 aliphatic rings. The third-order valence-electron chi connectivity index (χ3n) is 6.36. The van der Waals surface area contributed by atoms with Crippen LogP contribution in [0.1, 0.15) is 69.4 Å². The van der Waals surface area contributed by atoms with Crippen LogP contribution in [0.4, 0.5) is 0 Å². The summed E-state index contributed by atoms with van der Waals surface area (Å²) in [5.74, 6) is -0.0907. The van der Waals surface area contributed by atoms with Crippen molar-refractivity contribution < 1.29 is 14.1 Å².